The molecule has 22 heavy (non-hydrogen) atoms. The Balaban J connectivity index is 1.83. The Morgan fingerprint density at radius 2 is 1.95 bits per heavy atom. The Morgan fingerprint density at radius 3 is 2.59 bits per heavy atom. The molecule has 1 atom stereocenters. The van der Waals surface area contributed by atoms with Crippen molar-refractivity contribution in [3.05, 3.63) is 35.9 Å². The van der Waals surface area contributed by atoms with Gasteiger partial charge in [-0.05, 0) is 37.8 Å². The van der Waals surface area contributed by atoms with Gasteiger partial charge in [0.1, 0.15) is 5.54 Å². The number of carboxylic acids is 1. The van der Waals surface area contributed by atoms with Gasteiger partial charge in [-0.3, -0.25) is 4.90 Å². The molecule has 120 valence electrons. The number of carbonyl (C=O) groups is 2. The van der Waals surface area contributed by atoms with Crippen molar-refractivity contribution < 1.29 is 19.8 Å². The second kappa shape index (κ2) is 7.26. The number of nitrogens with one attached hydrogen (secondary N) is 1. The van der Waals surface area contributed by atoms with E-state index in [4.69, 9.17) is 0 Å². The van der Waals surface area contributed by atoms with Crippen LogP contribution in [0, 0.1) is 0 Å². The number of hydrogen-bond donors (Lipinski definition) is 3. The van der Waals surface area contributed by atoms with Crippen LogP contribution in [0.4, 0.5) is 4.79 Å². The number of nitrogens with zero attached hydrogens (tertiary/aromatic N) is 1. The van der Waals surface area contributed by atoms with Crippen LogP contribution in [-0.2, 0) is 11.3 Å². The van der Waals surface area contributed by atoms with E-state index in [1.165, 1.54) is 5.56 Å². The van der Waals surface area contributed by atoms with Gasteiger partial charge >= 0.3 is 12.1 Å². The normalized spacial score (nSPS) is 21.0. The van der Waals surface area contributed by atoms with Crippen LogP contribution in [0.1, 0.15) is 31.2 Å². The highest BCUT2D eigenvalue weighted by Crippen LogP contribution is 2.33. The van der Waals surface area contributed by atoms with Gasteiger partial charge in [0.05, 0.1) is 0 Å². The lowest BCUT2D eigenvalue weighted by Gasteiger charge is -2.32. The number of rotatable bonds is 7. The summed E-state index contributed by atoms with van der Waals surface area (Å²) >= 11 is 0. The van der Waals surface area contributed by atoms with Crippen molar-refractivity contribution in [2.24, 2.45) is 0 Å². The molecule has 1 saturated heterocycles. The molecule has 1 heterocycles. The summed E-state index contributed by atoms with van der Waals surface area (Å²) in [5, 5.41) is 22.0. The van der Waals surface area contributed by atoms with E-state index in [9.17, 15) is 19.8 Å². The Bertz CT molecular complexity index is 520. The first-order valence-electron chi connectivity index (χ1n) is 7.55. The van der Waals surface area contributed by atoms with Crippen molar-refractivity contribution in [1.29, 1.82) is 0 Å². The molecule has 2 rings (SSSR count). The highest BCUT2D eigenvalue weighted by Gasteiger charge is 2.49. The molecule has 0 spiro atoms. The first kappa shape index (κ1) is 16.3. The van der Waals surface area contributed by atoms with Crippen molar-refractivity contribution in [2.45, 2.75) is 37.8 Å². The summed E-state index contributed by atoms with van der Waals surface area (Å²) in [7, 11) is 0. The summed E-state index contributed by atoms with van der Waals surface area (Å²) in [6, 6.07) is 9.95. The number of aliphatic carboxylic acids is 1. The zero-order chi connectivity index (χ0) is 16.0. The molecule has 1 aliphatic rings. The van der Waals surface area contributed by atoms with Crippen molar-refractivity contribution in [3.8, 4) is 0 Å². The van der Waals surface area contributed by atoms with Crippen LogP contribution in [0.3, 0.4) is 0 Å². The van der Waals surface area contributed by atoms with Crippen molar-refractivity contribution in [2.75, 3.05) is 13.1 Å². The summed E-state index contributed by atoms with van der Waals surface area (Å²) < 4.78 is 0. The van der Waals surface area contributed by atoms with Crippen LogP contribution in [0.2, 0.25) is 0 Å². The summed E-state index contributed by atoms with van der Waals surface area (Å²) in [4.78, 5) is 23.9. The summed E-state index contributed by atoms with van der Waals surface area (Å²) in [5.41, 5.74) is -0.0799. The third-order valence-corrected chi connectivity index (χ3v) is 4.23. The number of benzene rings is 1. The minimum absolute atomic E-state index is 0.305. The zero-order valence-electron chi connectivity index (χ0n) is 12.5. The van der Waals surface area contributed by atoms with E-state index >= 15 is 0 Å². The molecule has 1 aliphatic heterocycles. The Kier molecular flexibility index (Phi) is 5.38. The van der Waals surface area contributed by atoms with Gasteiger partial charge in [-0.1, -0.05) is 30.3 Å². The first-order valence-corrected chi connectivity index (χ1v) is 7.55. The Labute approximate surface area is 129 Å². The Morgan fingerprint density at radius 1 is 1.23 bits per heavy atom. The fraction of sp³-hybridized carbons (Fsp3) is 0.500. The highest BCUT2D eigenvalue weighted by molar-refractivity contribution is 5.84. The fourth-order valence-electron chi connectivity index (χ4n) is 3.08. The number of amides is 1. The van der Waals surface area contributed by atoms with Crippen molar-refractivity contribution in [3.63, 3.8) is 0 Å². The van der Waals surface area contributed by atoms with E-state index in [1.807, 2.05) is 30.3 Å². The molecular weight excluding hydrogens is 284 g/mol. The third kappa shape index (κ3) is 3.57. The quantitative estimate of drug-likeness (QED) is 0.672. The second-order valence-corrected chi connectivity index (χ2v) is 5.64. The van der Waals surface area contributed by atoms with Gasteiger partial charge in [-0.15, -0.1) is 0 Å². The molecule has 0 aliphatic carbocycles. The molecule has 6 nitrogen and oxygen atoms in total. The van der Waals surface area contributed by atoms with E-state index in [1.54, 1.807) is 0 Å². The molecule has 1 aromatic carbocycles. The predicted molar refractivity (Wildman–Crippen MR) is 81.7 cm³/mol. The molecule has 1 unspecified atom stereocenters. The van der Waals surface area contributed by atoms with Gasteiger partial charge < -0.3 is 15.5 Å². The van der Waals surface area contributed by atoms with Gasteiger partial charge in [0, 0.05) is 13.1 Å². The van der Waals surface area contributed by atoms with E-state index in [-0.39, 0.29) is 0 Å². The van der Waals surface area contributed by atoms with E-state index < -0.39 is 17.6 Å². The molecule has 6 heteroatoms. The zero-order valence-corrected chi connectivity index (χ0v) is 12.5. The monoisotopic (exact) mass is 306 g/mol. The van der Waals surface area contributed by atoms with Crippen LogP contribution in [0.5, 0.6) is 0 Å². The molecule has 0 aromatic heterocycles. The minimum atomic E-state index is -1.25. The van der Waals surface area contributed by atoms with E-state index in [2.05, 4.69) is 5.32 Å². The smallest absolute Gasteiger partial charge is 0.408 e. The molecule has 1 aromatic rings. The SMILES string of the molecule is O=C(O)N1CCCC1(CCCNCc1ccccc1)C(=O)O. The Hall–Kier alpha value is -2.08. The average molecular weight is 306 g/mol. The van der Waals surface area contributed by atoms with Crippen molar-refractivity contribution >= 4 is 12.1 Å². The summed E-state index contributed by atoms with van der Waals surface area (Å²) in [5.74, 6) is -1.03. The fourth-order valence-corrected chi connectivity index (χ4v) is 3.08. The summed E-state index contributed by atoms with van der Waals surface area (Å²) in [6.45, 7) is 1.69. The average Bonchev–Trinajstić information content (AvgIpc) is 2.93. The molecule has 1 fully saturated rings. The molecule has 1 amide bonds. The number of carboxylic acid groups (broad SMARTS) is 2. The van der Waals surface area contributed by atoms with Crippen LogP contribution < -0.4 is 5.32 Å². The summed E-state index contributed by atoms with van der Waals surface area (Å²) in [6.07, 6.45) is 0.833. The standard InChI is InChI=1S/C16H22N2O4/c19-14(20)16(9-5-11-18(16)15(21)22)8-4-10-17-12-13-6-2-1-3-7-13/h1-3,6-7,17H,4-5,8-12H2,(H,19,20)(H,21,22). The van der Waals surface area contributed by atoms with Crippen LogP contribution >= 0.6 is 0 Å². The van der Waals surface area contributed by atoms with Crippen LogP contribution in [-0.4, -0.2) is 45.8 Å². The van der Waals surface area contributed by atoms with Crippen LogP contribution in [0.25, 0.3) is 0 Å². The second-order valence-electron chi connectivity index (χ2n) is 5.64. The third-order valence-electron chi connectivity index (χ3n) is 4.23. The lowest BCUT2D eigenvalue weighted by atomic mass is 9.90. The maximum atomic E-state index is 11.6. The number of likely N-dealkylation sites (tertiary alicyclic amines) is 1. The number of hydrogen-bond acceptors (Lipinski definition) is 3. The maximum Gasteiger partial charge on any atom is 0.408 e. The predicted octanol–water partition coefficient (Wildman–Crippen LogP) is 2.15. The van der Waals surface area contributed by atoms with Gasteiger partial charge in [-0.25, -0.2) is 9.59 Å². The first-order chi connectivity index (χ1) is 10.6. The highest BCUT2D eigenvalue weighted by atomic mass is 16.4. The minimum Gasteiger partial charge on any atom is -0.479 e. The van der Waals surface area contributed by atoms with Crippen molar-refractivity contribution in [1.82, 2.24) is 10.2 Å². The molecule has 0 radical (unpaired) electrons. The molecule has 0 saturated carbocycles. The van der Waals surface area contributed by atoms with Gasteiger partial charge in [0.15, 0.2) is 0 Å². The lowest BCUT2D eigenvalue weighted by Crippen LogP contribution is -2.52. The lowest BCUT2D eigenvalue weighted by molar-refractivity contribution is -0.149. The van der Waals surface area contributed by atoms with Gasteiger partial charge in [0.2, 0.25) is 0 Å². The maximum absolute atomic E-state index is 11.6. The largest absolute Gasteiger partial charge is 0.479 e. The molecule has 3 N–H and O–H groups in total. The van der Waals surface area contributed by atoms with Crippen LogP contribution in [0.15, 0.2) is 30.3 Å². The van der Waals surface area contributed by atoms with Gasteiger partial charge in [-0.2, -0.15) is 0 Å². The van der Waals surface area contributed by atoms with Gasteiger partial charge in [0.25, 0.3) is 0 Å². The topological polar surface area (TPSA) is 89.9 Å². The molecule has 0 bridgehead atoms. The van der Waals surface area contributed by atoms with E-state index in [0.717, 1.165) is 11.4 Å². The molecular formula is C16H22N2O4. The van der Waals surface area contributed by atoms with E-state index in [0.29, 0.717) is 38.8 Å².